The molecule has 2 aromatic heterocycles. The van der Waals surface area contributed by atoms with Gasteiger partial charge in [-0.3, -0.25) is 9.36 Å². The molecule has 1 aliphatic heterocycles. The number of benzene rings is 1. The van der Waals surface area contributed by atoms with Gasteiger partial charge in [-0.15, -0.1) is 24.8 Å². The van der Waals surface area contributed by atoms with E-state index in [9.17, 15) is 4.79 Å². The summed E-state index contributed by atoms with van der Waals surface area (Å²) in [5.41, 5.74) is 7.82. The van der Waals surface area contributed by atoms with Gasteiger partial charge in [0.2, 0.25) is 0 Å². The van der Waals surface area contributed by atoms with Crippen LogP contribution in [0.15, 0.2) is 67.4 Å². The highest BCUT2D eigenvalue weighted by atomic mass is 35.5. The van der Waals surface area contributed by atoms with Crippen molar-refractivity contribution in [3.63, 3.8) is 0 Å². The molecule has 6 nitrogen and oxygen atoms in total. The molecule has 28 heavy (non-hydrogen) atoms. The van der Waals surface area contributed by atoms with E-state index in [4.69, 9.17) is 5.73 Å². The molecule has 148 valence electrons. The van der Waals surface area contributed by atoms with E-state index in [1.54, 1.807) is 23.3 Å². The number of nitrogens with zero attached hydrogens (tertiary/aromatic N) is 4. The number of rotatable bonds is 4. The molecule has 1 amide bonds. The lowest BCUT2D eigenvalue weighted by molar-refractivity contribution is 0.0786. The van der Waals surface area contributed by atoms with Gasteiger partial charge >= 0.3 is 0 Å². The van der Waals surface area contributed by atoms with E-state index in [1.807, 2.05) is 41.4 Å². The summed E-state index contributed by atoms with van der Waals surface area (Å²) in [6, 6.07) is 14.0. The van der Waals surface area contributed by atoms with Crippen LogP contribution in [0.1, 0.15) is 21.8 Å². The fourth-order valence-electron chi connectivity index (χ4n) is 3.60. The van der Waals surface area contributed by atoms with E-state index in [0.29, 0.717) is 25.2 Å². The third-order valence-corrected chi connectivity index (χ3v) is 5.02. The fourth-order valence-corrected chi connectivity index (χ4v) is 3.60. The highest BCUT2D eigenvalue weighted by Crippen LogP contribution is 2.32. The number of pyridine rings is 1. The molecule has 1 fully saturated rings. The number of carbonyl (C=O) groups excluding carboxylic acids is 1. The van der Waals surface area contributed by atoms with Gasteiger partial charge in [0.05, 0.1) is 5.56 Å². The summed E-state index contributed by atoms with van der Waals surface area (Å²) < 4.78 is 1.81. The molecule has 3 aromatic rings. The highest BCUT2D eigenvalue weighted by molar-refractivity contribution is 5.94. The minimum absolute atomic E-state index is 0. The predicted molar refractivity (Wildman–Crippen MR) is 113 cm³/mol. The Kier molecular flexibility index (Phi) is 7.57. The van der Waals surface area contributed by atoms with Gasteiger partial charge in [0, 0.05) is 37.6 Å². The zero-order valence-corrected chi connectivity index (χ0v) is 16.9. The molecule has 2 atom stereocenters. The van der Waals surface area contributed by atoms with Crippen LogP contribution >= 0.6 is 24.8 Å². The van der Waals surface area contributed by atoms with Crippen LogP contribution in [0.25, 0.3) is 5.82 Å². The van der Waals surface area contributed by atoms with Crippen molar-refractivity contribution in [1.82, 2.24) is 19.4 Å². The van der Waals surface area contributed by atoms with Crippen molar-refractivity contribution in [3.8, 4) is 5.82 Å². The second-order valence-corrected chi connectivity index (χ2v) is 6.60. The van der Waals surface area contributed by atoms with E-state index in [1.165, 1.54) is 5.56 Å². The van der Waals surface area contributed by atoms with Crippen molar-refractivity contribution in [2.24, 2.45) is 11.7 Å². The second-order valence-electron chi connectivity index (χ2n) is 6.60. The molecular formula is C20H23Cl2N5O. The number of halogens is 2. The summed E-state index contributed by atoms with van der Waals surface area (Å²) in [5.74, 6) is 1.30. The summed E-state index contributed by atoms with van der Waals surface area (Å²) >= 11 is 0. The quantitative estimate of drug-likeness (QED) is 0.704. The normalized spacial score (nSPS) is 18.2. The number of hydrogen-bond acceptors (Lipinski definition) is 4. The number of amides is 1. The first-order valence-corrected chi connectivity index (χ1v) is 8.75. The van der Waals surface area contributed by atoms with Gasteiger partial charge in [-0.2, -0.15) is 0 Å². The number of aromatic nitrogens is 3. The van der Waals surface area contributed by atoms with Crippen molar-refractivity contribution >= 4 is 30.7 Å². The first kappa shape index (κ1) is 21.9. The van der Waals surface area contributed by atoms with E-state index in [2.05, 4.69) is 22.1 Å². The predicted octanol–water partition coefficient (Wildman–Crippen LogP) is 2.93. The largest absolute Gasteiger partial charge is 0.338 e. The summed E-state index contributed by atoms with van der Waals surface area (Å²) in [6.45, 7) is 1.94. The maximum absolute atomic E-state index is 12.9. The maximum Gasteiger partial charge on any atom is 0.255 e. The Morgan fingerprint density at radius 3 is 2.50 bits per heavy atom. The topological polar surface area (TPSA) is 77.0 Å². The molecule has 8 heteroatoms. The zero-order valence-electron chi connectivity index (χ0n) is 15.2. The Labute approximate surface area is 176 Å². The molecule has 3 heterocycles. The zero-order chi connectivity index (χ0) is 17.9. The van der Waals surface area contributed by atoms with Crippen molar-refractivity contribution in [1.29, 1.82) is 0 Å². The van der Waals surface area contributed by atoms with Gasteiger partial charge in [0.15, 0.2) is 0 Å². The minimum atomic E-state index is 0. The molecule has 4 rings (SSSR count). The molecule has 0 saturated carbocycles. The van der Waals surface area contributed by atoms with Gasteiger partial charge in [-0.25, -0.2) is 9.97 Å². The molecular weight excluding hydrogens is 397 g/mol. The summed E-state index contributed by atoms with van der Waals surface area (Å²) in [4.78, 5) is 23.2. The van der Waals surface area contributed by atoms with Gasteiger partial charge in [0.1, 0.15) is 12.1 Å². The Balaban J connectivity index is 0.00000140. The van der Waals surface area contributed by atoms with Crippen molar-refractivity contribution in [3.05, 3.63) is 78.5 Å². The summed E-state index contributed by atoms with van der Waals surface area (Å²) in [5, 5.41) is 0. The van der Waals surface area contributed by atoms with Gasteiger partial charge in [-0.1, -0.05) is 30.3 Å². The summed E-state index contributed by atoms with van der Waals surface area (Å²) in [7, 11) is 0. The second kappa shape index (κ2) is 9.68. The first-order chi connectivity index (χ1) is 12.8. The number of nitrogens with two attached hydrogens (primary N) is 1. The van der Waals surface area contributed by atoms with Gasteiger partial charge in [-0.05, 0) is 30.2 Å². The van der Waals surface area contributed by atoms with Gasteiger partial charge < -0.3 is 10.6 Å². The Morgan fingerprint density at radius 2 is 1.89 bits per heavy atom. The number of hydrogen-bond donors (Lipinski definition) is 1. The Morgan fingerprint density at radius 1 is 1.11 bits per heavy atom. The molecule has 0 unspecified atom stereocenters. The third-order valence-electron chi connectivity index (χ3n) is 5.02. The van der Waals surface area contributed by atoms with Crippen LogP contribution in [-0.4, -0.2) is 45.0 Å². The summed E-state index contributed by atoms with van der Waals surface area (Å²) in [6.07, 6.45) is 6.83. The lowest BCUT2D eigenvalue weighted by Crippen LogP contribution is -2.30. The van der Waals surface area contributed by atoms with E-state index >= 15 is 0 Å². The molecule has 0 aliphatic carbocycles. The van der Waals surface area contributed by atoms with Crippen molar-refractivity contribution < 1.29 is 4.79 Å². The molecule has 0 radical (unpaired) electrons. The highest BCUT2D eigenvalue weighted by Gasteiger charge is 2.35. The molecule has 0 bridgehead atoms. The van der Waals surface area contributed by atoms with Crippen LogP contribution in [0.2, 0.25) is 0 Å². The van der Waals surface area contributed by atoms with Crippen LogP contribution in [0.4, 0.5) is 0 Å². The molecule has 0 spiro atoms. The minimum Gasteiger partial charge on any atom is -0.338 e. The van der Waals surface area contributed by atoms with Crippen molar-refractivity contribution in [2.75, 3.05) is 19.6 Å². The van der Waals surface area contributed by atoms with Crippen LogP contribution in [0.3, 0.4) is 0 Å². The molecule has 1 aliphatic rings. The number of carbonyl (C=O) groups is 1. The number of likely N-dealkylation sites (tertiary alicyclic amines) is 1. The Hall–Kier alpha value is -2.41. The lowest BCUT2D eigenvalue weighted by atomic mass is 9.89. The first-order valence-electron chi connectivity index (χ1n) is 8.75. The van der Waals surface area contributed by atoms with Crippen LogP contribution in [0.5, 0.6) is 0 Å². The molecule has 1 saturated heterocycles. The van der Waals surface area contributed by atoms with Crippen LogP contribution in [-0.2, 0) is 0 Å². The molecule has 1 aromatic carbocycles. The van der Waals surface area contributed by atoms with Crippen LogP contribution in [0, 0.1) is 5.92 Å². The SMILES string of the molecule is Cl.Cl.NC[C@@H]1CN(C(=O)c2ccc(-n3ccnc3)nc2)C[C@H]1c1ccccc1. The maximum atomic E-state index is 12.9. The average Bonchev–Trinajstić information content (AvgIpc) is 3.38. The van der Waals surface area contributed by atoms with Crippen molar-refractivity contribution in [2.45, 2.75) is 5.92 Å². The van der Waals surface area contributed by atoms with E-state index in [0.717, 1.165) is 5.82 Å². The van der Waals surface area contributed by atoms with Crippen LogP contribution < -0.4 is 5.73 Å². The third kappa shape index (κ3) is 4.35. The monoisotopic (exact) mass is 419 g/mol. The molecule has 2 N–H and O–H groups in total. The smallest absolute Gasteiger partial charge is 0.255 e. The van der Waals surface area contributed by atoms with E-state index in [-0.39, 0.29) is 42.6 Å². The van der Waals surface area contributed by atoms with Gasteiger partial charge in [0.25, 0.3) is 5.91 Å². The average molecular weight is 420 g/mol. The number of imidazole rings is 1. The standard InChI is InChI=1S/C20H21N5O.2ClH/c21-10-17-12-25(13-18(17)15-4-2-1-3-5-15)20(26)16-6-7-19(23-11-16)24-9-8-22-14-24;;/h1-9,11,14,17-18H,10,12-13,21H2;2*1H/t17-,18+;;/m1../s1. The lowest BCUT2D eigenvalue weighted by Gasteiger charge is -2.17. The fraction of sp³-hybridized carbons (Fsp3) is 0.250. The van der Waals surface area contributed by atoms with E-state index < -0.39 is 0 Å². The Bertz CT molecular complexity index is 871.